The van der Waals surface area contributed by atoms with E-state index in [1.165, 1.54) is 0 Å². The summed E-state index contributed by atoms with van der Waals surface area (Å²) in [5, 5.41) is 11.9. The van der Waals surface area contributed by atoms with Crippen LogP contribution in [-0.4, -0.2) is 13.2 Å². The van der Waals surface area contributed by atoms with Crippen LogP contribution in [0, 0.1) is 11.3 Å². The van der Waals surface area contributed by atoms with Crippen molar-refractivity contribution in [2.45, 2.75) is 0 Å². The second kappa shape index (κ2) is 2.74. The number of nitriles is 1. The lowest BCUT2D eigenvalue weighted by Gasteiger charge is -2.19. The minimum Gasteiger partial charge on any atom is -0.490 e. The highest BCUT2D eigenvalue weighted by Crippen LogP contribution is 2.29. The fourth-order valence-electron chi connectivity index (χ4n) is 1.26. The van der Waals surface area contributed by atoms with E-state index in [2.05, 4.69) is 11.4 Å². The van der Waals surface area contributed by atoms with Crippen LogP contribution in [0.15, 0.2) is 18.2 Å². The van der Waals surface area contributed by atoms with Crippen LogP contribution in [0.5, 0.6) is 5.75 Å². The molecular formula is C9H8N2O. The Balaban J connectivity index is 2.53. The van der Waals surface area contributed by atoms with Gasteiger partial charge in [0.1, 0.15) is 18.4 Å². The van der Waals surface area contributed by atoms with Gasteiger partial charge < -0.3 is 10.1 Å². The first-order chi connectivity index (χ1) is 5.92. The Kier molecular flexibility index (Phi) is 1.60. The summed E-state index contributed by atoms with van der Waals surface area (Å²) in [4.78, 5) is 0. The minimum atomic E-state index is 0.646. The lowest BCUT2D eigenvalue weighted by atomic mass is 10.1. The van der Waals surface area contributed by atoms with Crippen molar-refractivity contribution >= 4 is 5.69 Å². The predicted molar refractivity (Wildman–Crippen MR) is 45.1 cm³/mol. The molecule has 1 aromatic rings. The van der Waals surface area contributed by atoms with E-state index in [9.17, 15) is 0 Å². The van der Waals surface area contributed by atoms with Crippen LogP contribution in [0.2, 0.25) is 0 Å². The fraction of sp³-hybridized carbons (Fsp3) is 0.222. The van der Waals surface area contributed by atoms with Crippen LogP contribution in [0.25, 0.3) is 0 Å². The SMILES string of the molecule is N#Cc1cccc2c1NCCO2. The van der Waals surface area contributed by atoms with Crippen LogP contribution in [0.1, 0.15) is 5.56 Å². The number of rotatable bonds is 0. The second-order valence-electron chi connectivity index (χ2n) is 2.57. The average Bonchev–Trinajstić information content (AvgIpc) is 2.17. The Bertz CT molecular complexity index is 341. The van der Waals surface area contributed by atoms with E-state index in [1.807, 2.05) is 12.1 Å². The van der Waals surface area contributed by atoms with Gasteiger partial charge in [0.2, 0.25) is 0 Å². The molecule has 1 heterocycles. The Morgan fingerprint density at radius 1 is 1.50 bits per heavy atom. The molecule has 1 aliphatic heterocycles. The quantitative estimate of drug-likeness (QED) is 0.623. The van der Waals surface area contributed by atoms with E-state index in [4.69, 9.17) is 10.00 Å². The van der Waals surface area contributed by atoms with Crippen molar-refractivity contribution in [2.75, 3.05) is 18.5 Å². The summed E-state index contributed by atoms with van der Waals surface area (Å²) in [6.45, 7) is 1.44. The number of nitrogens with one attached hydrogen (secondary N) is 1. The van der Waals surface area contributed by atoms with E-state index in [1.54, 1.807) is 6.07 Å². The summed E-state index contributed by atoms with van der Waals surface area (Å²) in [5.74, 6) is 0.778. The van der Waals surface area contributed by atoms with E-state index in [-0.39, 0.29) is 0 Å². The zero-order valence-corrected chi connectivity index (χ0v) is 6.50. The first-order valence-electron chi connectivity index (χ1n) is 3.81. The molecule has 1 aliphatic rings. The maximum Gasteiger partial charge on any atom is 0.143 e. The van der Waals surface area contributed by atoms with Gasteiger partial charge in [0, 0.05) is 6.54 Å². The Morgan fingerprint density at radius 3 is 3.25 bits per heavy atom. The minimum absolute atomic E-state index is 0.646. The Hall–Kier alpha value is -1.69. The van der Waals surface area contributed by atoms with Crippen molar-refractivity contribution < 1.29 is 4.74 Å². The van der Waals surface area contributed by atoms with Gasteiger partial charge in [-0.3, -0.25) is 0 Å². The number of hydrogen-bond donors (Lipinski definition) is 1. The van der Waals surface area contributed by atoms with Gasteiger partial charge in [0.15, 0.2) is 0 Å². The highest BCUT2D eigenvalue weighted by Gasteiger charge is 2.12. The van der Waals surface area contributed by atoms with E-state index < -0.39 is 0 Å². The molecule has 0 radical (unpaired) electrons. The topological polar surface area (TPSA) is 45.0 Å². The van der Waals surface area contributed by atoms with Crippen molar-refractivity contribution in [1.29, 1.82) is 5.26 Å². The molecule has 2 rings (SSSR count). The third-order valence-electron chi connectivity index (χ3n) is 1.81. The molecule has 1 N–H and O–H groups in total. The number of ether oxygens (including phenoxy) is 1. The molecule has 1 aromatic carbocycles. The third-order valence-corrected chi connectivity index (χ3v) is 1.81. The summed E-state index contributed by atoms with van der Waals surface area (Å²) in [7, 11) is 0. The molecule has 0 amide bonds. The number of para-hydroxylation sites is 1. The molecule has 0 saturated carbocycles. The summed E-state index contributed by atoms with van der Waals surface area (Å²) in [6.07, 6.45) is 0. The van der Waals surface area contributed by atoms with Crippen LogP contribution in [0.3, 0.4) is 0 Å². The molecule has 0 spiro atoms. The number of anilines is 1. The first-order valence-corrected chi connectivity index (χ1v) is 3.81. The van der Waals surface area contributed by atoms with Crippen molar-refractivity contribution in [3.8, 4) is 11.8 Å². The van der Waals surface area contributed by atoms with Crippen LogP contribution < -0.4 is 10.1 Å². The molecule has 60 valence electrons. The van der Waals surface area contributed by atoms with Crippen LogP contribution in [-0.2, 0) is 0 Å². The average molecular weight is 160 g/mol. The van der Waals surface area contributed by atoms with Crippen molar-refractivity contribution in [2.24, 2.45) is 0 Å². The first kappa shape index (κ1) is 6.99. The zero-order valence-electron chi connectivity index (χ0n) is 6.50. The van der Waals surface area contributed by atoms with Crippen molar-refractivity contribution in [3.63, 3.8) is 0 Å². The van der Waals surface area contributed by atoms with E-state index >= 15 is 0 Å². The number of benzene rings is 1. The lowest BCUT2D eigenvalue weighted by molar-refractivity contribution is 0.323. The highest BCUT2D eigenvalue weighted by molar-refractivity contribution is 5.67. The summed E-state index contributed by atoms with van der Waals surface area (Å²) >= 11 is 0. The fourth-order valence-corrected chi connectivity index (χ4v) is 1.26. The maximum atomic E-state index is 8.75. The zero-order chi connectivity index (χ0) is 8.39. The molecule has 3 nitrogen and oxygen atoms in total. The monoisotopic (exact) mass is 160 g/mol. The second-order valence-corrected chi connectivity index (χ2v) is 2.57. The summed E-state index contributed by atoms with van der Waals surface area (Å²) < 4.78 is 5.35. The Labute approximate surface area is 70.6 Å². The molecule has 0 aromatic heterocycles. The van der Waals surface area contributed by atoms with Gasteiger partial charge in [-0.25, -0.2) is 0 Å². The molecule has 0 bridgehead atoms. The van der Waals surface area contributed by atoms with E-state index in [0.717, 1.165) is 18.0 Å². The molecule has 0 atom stereocenters. The smallest absolute Gasteiger partial charge is 0.143 e. The number of fused-ring (bicyclic) bond motifs is 1. The van der Waals surface area contributed by atoms with E-state index in [0.29, 0.717) is 12.2 Å². The molecule has 12 heavy (non-hydrogen) atoms. The van der Waals surface area contributed by atoms with Gasteiger partial charge in [-0.05, 0) is 12.1 Å². The standard InChI is InChI=1S/C9H8N2O/c10-6-7-2-1-3-8-9(7)11-4-5-12-8/h1-3,11H,4-5H2. The van der Waals surface area contributed by atoms with Gasteiger partial charge in [0.25, 0.3) is 0 Å². The van der Waals surface area contributed by atoms with Gasteiger partial charge >= 0.3 is 0 Å². The van der Waals surface area contributed by atoms with Gasteiger partial charge in [-0.15, -0.1) is 0 Å². The molecule has 0 saturated heterocycles. The third kappa shape index (κ3) is 0.978. The molecule has 0 aliphatic carbocycles. The van der Waals surface area contributed by atoms with Crippen LogP contribution >= 0.6 is 0 Å². The maximum absolute atomic E-state index is 8.75. The van der Waals surface area contributed by atoms with Gasteiger partial charge in [-0.1, -0.05) is 6.07 Å². The van der Waals surface area contributed by atoms with Crippen molar-refractivity contribution in [1.82, 2.24) is 0 Å². The van der Waals surface area contributed by atoms with Crippen molar-refractivity contribution in [3.05, 3.63) is 23.8 Å². The largest absolute Gasteiger partial charge is 0.490 e. The predicted octanol–water partition coefficient (Wildman–Crippen LogP) is 1.36. The van der Waals surface area contributed by atoms with Gasteiger partial charge in [0.05, 0.1) is 11.3 Å². The summed E-state index contributed by atoms with van der Waals surface area (Å²) in [6, 6.07) is 7.58. The highest BCUT2D eigenvalue weighted by atomic mass is 16.5. The lowest BCUT2D eigenvalue weighted by Crippen LogP contribution is -2.18. The molecular weight excluding hydrogens is 152 g/mol. The molecule has 0 unspecified atom stereocenters. The van der Waals surface area contributed by atoms with Crippen LogP contribution in [0.4, 0.5) is 5.69 Å². The number of nitrogens with zero attached hydrogens (tertiary/aromatic N) is 1. The number of hydrogen-bond acceptors (Lipinski definition) is 3. The summed E-state index contributed by atoms with van der Waals surface area (Å²) in [5.41, 5.74) is 1.47. The Morgan fingerprint density at radius 2 is 2.42 bits per heavy atom. The normalized spacial score (nSPS) is 13.6. The molecule has 0 fully saturated rings. The molecule has 3 heteroatoms. The van der Waals surface area contributed by atoms with Gasteiger partial charge in [-0.2, -0.15) is 5.26 Å².